The fourth-order valence-corrected chi connectivity index (χ4v) is 3.49. The van der Waals surface area contributed by atoms with Crippen LogP contribution in [0.3, 0.4) is 0 Å². The van der Waals surface area contributed by atoms with Gasteiger partial charge in [0, 0.05) is 24.5 Å². The van der Waals surface area contributed by atoms with Crippen molar-refractivity contribution in [3.05, 3.63) is 70.9 Å². The number of anilines is 1. The van der Waals surface area contributed by atoms with Crippen molar-refractivity contribution < 1.29 is 23.1 Å². The number of nitrogens with one attached hydrogen (secondary N) is 4. The Bertz CT molecular complexity index is 1260. The molecule has 0 spiro atoms. The molecule has 12 heteroatoms. The van der Waals surface area contributed by atoms with E-state index in [2.05, 4.69) is 20.9 Å². The SMILES string of the molecule is N=C(N)CC[C@@H](COC(=O)Nc1cc2cc(F)ccc2cn1)NC(=O)CNCc1cccc(F)c1Cl. The number of pyridine rings is 1. The van der Waals surface area contributed by atoms with Crippen molar-refractivity contribution in [2.75, 3.05) is 18.5 Å². The van der Waals surface area contributed by atoms with E-state index in [1.807, 2.05) is 0 Å². The first kappa shape index (κ1) is 26.8. The predicted molar refractivity (Wildman–Crippen MR) is 133 cm³/mol. The van der Waals surface area contributed by atoms with E-state index in [0.29, 0.717) is 16.3 Å². The summed E-state index contributed by atoms with van der Waals surface area (Å²) in [5, 5.41) is 16.7. The molecule has 0 saturated heterocycles. The van der Waals surface area contributed by atoms with Crippen molar-refractivity contribution in [1.29, 1.82) is 5.41 Å². The molecule has 1 heterocycles. The maximum atomic E-state index is 13.5. The van der Waals surface area contributed by atoms with Crippen molar-refractivity contribution in [2.45, 2.75) is 25.4 Å². The van der Waals surface area contributed by atoms with Gasteiger partial charge in [-0.25, -0.2) is 18.6 Å². The number of halogens is 3. The zero-order valence-corrected chi connectivity index (χ0v) is 19.9. The van der Waals surface area contributed by atoms with Crippen molar-refractivity contribution in [3.8, 4) is 0 Å². The number of carbonyl (C=O) groups is 2. The Labute approximate surface area is 210 Å². The number of aromatic nitrogens is 1. The van der Waals surface area contributed by atoms with Crippen molar-refractivity contribution in [2.24, 2.45) is 5.73 Å². The van der Waals surface area contributed by atoms with Gasteiger partial charge in [0.05, 0.1) is 23.4 Å². The number of fused-ring (bicyclic) bond motifs is 1. The molecule has 0 aliphatic rings. The van der Waals surface area contributed by atoms with E-state index in [9.17, 15) is 18.4 Å². The molecule has 0 unspecified atom stereocenters. The molecule has 6 N–H and O–H groups in total. The van der Waals surface area contributed by atoms with Gasteiger partial charge in [0.25, 0.3) is 0 Å². The molecular formula is C24H25ClF2N6O3. The molecule has 2 amide bonds. The summed E-state index contributed by atoms with van der Waals surface area (Å²) >= 11 is 5.91. The van der Waals surface area contributed by atoms with Gasteiger partial charge in [-0.3, -0.25) is 15.5 Å². The number of hydrogen-bond donors (Lipinski definition) is 5. The van der Waals surface area contributed by atoms with Gasteiger partial charge < -0.3 is 21.1 Å². The highest BCUT2D eigenvalue weighted by atomic mass is 35.5. The Morgan fingerprint density at radius 1 is 1.17 bits per heavy atom. The standard InChI is InChI=1S/C24H25ClF2N6O3/c25-23-15(2-1-3-19(23)27)10-30-12-22(34)32-18(6-7-20(28)29)13-36-24(35)33-21-9-16-8-17(26)5-4-14(16)11-31-21/h1-5,8-9,11,18,30H,6-7,10,12-13H2,(H3,28,29)(H,32,34)(H,31,33,35)/t18-/m0/s1. The molecule has 190 valence electrons. The third kappa shape index (κ3) is 8.14. The molecule has 1 aromatic heterocycles. The van der Waals surface area contributed by atoms with Crippen molar-refractivity contribution in [1.82, 2.24) is 15.6 Å². The highest BCUT2D eigenvalue weighted by Gasteiger charge is 2.16. The smallest absolute Gasteiger partial charge is 0.412 e. The van der Waals surface area contributed by atoms with Gasteiger partial charge in [0.15, 0.2) is 0 Å². The van der Waals surface area contributed by atoms with Crippen LogP contribution in [0.2, 0.25) is 5.02 Å². The van der Waals surface area contributed by atoms with Gasteiger partial charge in [-0.2, -0.15) is 0 Å². The highest BCUT2D eigenvalue weighted by Crippen LogP contribution is 2.19. The van der Waals surface area contributed by atoms with Crippen LogP contribution in [0, 0.1) is 17.0 Å². The van der Waals surface area contributed by atoms with E-state index in [-0.39, 0.29) is 49.2 Å². The average molecular weight is 519 g/mol. The van der Waals surface area contributed by atoms with Crippen LogP contribution >= 0.6 is 11.6 Å². The average Bonchev–Trinajstić information content (AvgIpc) is 2.83. The first-order chi connectivity index (χ1) is 17.2. The number of carbonyl (C=O) groups excluding carboxylic acids is 2. The number of nitrogens with two attached hydrogens (primary N) is 1. The maximum Gasteiger partial charge on any atom is 0.412 e. The number of nitrogens with zero attached hydrogens (tertiary/aromatic N) is 1. The number of ether oxygens (including phenoxy) is 1. The lowest BCUT2D eigenvalue weighted by Crippen LogP contribution is -2.43. The first-order valence-electron chi connectivity index (χ1n) is 11.0. The molecule has 1 atom stereocenters. The molecule has 3 rings (SSSR count). The summed E-state index contributed by atoms with van der Waals surface area (Å²) in [6, 6.07) is 9.48. The topological polar surface area (TPSA) is 142 Å². The molecule has 0 bridgehead atoms. The molecule has 2 aromatic carbocycles. The summed E-state index contributed by atoms with van der Waals surface area (Å²) in [5.41, 5.74) is 5.92. The lowest BCUT2D eigenvalue weighted by atomic mass is 10.1. The highest BCUT2D eigenvalue weighted by molar-refractivity contribution is 6.31. The number of amidine groups is 1. The van der Waals surface area contributed by atoms with Crippen LogP contribution in [-0.4, -0.2) is 42.0 Å². The third-order valence-electron chi connectivity index (χ3n) is 5.09. The fraction of sp³-hybridized carbons (Fsp3) is 0.250. The molecule has 0 saturated carbocycles. The maximum absolute atomic E-state index is 13.5. The predicted octanol–water partition coefficient (Wildman–Crippen LogP) is 3.71. The van der Waals surface area contributed by atoms with E-state index in [1.54, 1.807) is 12.1 Å². The molecule has 36 heavy (non-hydrogen) atoms. The second-order valence-corrected chi connectivity index (χ2v) is 8.31. The van der Waals surface area contributed by atoms with E-state index in [4.69, 9.17) is 27.5 Å². The summed E-state index contributed by atoms with van der Waals surface area (Å²) in [5.74, 6) is -1.28. The van der Waals surface area contributed by atoms with Crippen LogP contribution in [0.1, 0.15) is 18.4 Å². The van der Waals surface area contributed by atoms with Gasteiger partial charge >= 0.3 is 6.09 Å². The molecule has 3 aromatic rings. The minimum atomic E-state index is -0.820. The van der Waals surface area contributed by atoms with Gasteiger partial charge in [0.1, 0.15) is 24.1 Å². The summed E-state index contributed by atoms with van der Waals surface area (Å²) < 4.78 is 32.2. The minimum absolute atomic E-state index is 0.0183. The zero-order chi connectivity index (χ0) is 26.1. The molecule has 9 nitrogen and oxygen atoms in total. The lowest BCUT2D eigenvalue weighted by molar-refractivity contribution is -0.121. The van der Waals surface area contributed by atoms with Crippen LogP contribution in [0.15, 0.2) is 48.7 Å². The Morgan fingerprint density at radius 2 is 1.97 bits per heavy atom. The van der Waals surface area contributed by atoms with Crippen LogP contribution in [0.25, 0.3) is 10.8 Å². The number of rotatable bonds is 11. The van der Waals surface area contributed by atoms with Crippen LogP contribution < -0.4 is 21.7 Å². The monoisotopic (exact) mass is 518 g/mol. The molecule has 0 radical (unpaired) electrons. The van der Waals surface area contributed by atoms with Crippen molar-refractivity contribution >= 4 is 46.0 Å². The summed E-state index contributed by atoms with van der Waals surface area (Å²) in [6.07, 6.45) is 1.11. The number of hydrogen-bond acceptors (Lipinski definition) is 6. The quantitative estimate of drug-likeness (QED) is 0.193. The summed E-state index contributed by atoms with van der Waals surface area (Å²) in [7, 11) is 0. The van der Waals surface area contributed by atoms with E-state index < -0.39 is 29.7 Å². The van der Waals surface area contributed by atoms with Crippen LogP contribution in [0.4, 0.5) is 19.4 Å². The van der Waals surface area contributed by atoms with Gasteiger partial charge in [0.2, 0.25) is 5.91 Å². The molecule has 0 fully saturated rings. The first-order valence-corrected chi connectivity index (χ1v) is 11.3. The zero-order valence-electron chi connectivity index (χ0n) is 19.1. The fourth-order valence-electron chi connectivity index (χ4n) is 3.30. The molecule has 0 aliphatic heterocycles. The van der Waals surface area contributed by atoms with Gasteiger partial charge in [-0.1, -0.05) is 23.7 Å². The normalized spacial score (nSPS) is 11.6. The van der Waals surface area contributed by atoms with E-state index in [1.165, 1.54) is 36.5 Å². The minimum Gasteiger partial charge on any atom is -0.447 e. The second kappa shape index (κ2) is 12.8. The third-order valence-corrected chi connectivity index (χ3v) is 5.51. The van der Waals surface area contributed by atoms with E-state index in [0.717, 1.165) is 0 Å². The van der Waals surface area contributed by atoms with Crippen molar-refractivity contribution in [3.63, 3.8) is 0 Å². The Kier molecular flexibility index (Phi) is 9.48. The van der Waals surface area contributed by atoms with Crippen LogP contribution in [0.5, 0.6) is 0 Å². The largest absolute Gasteiger partial charge is 0.447 e. The van der Waals surface area contributed by atoms with Gasteiger partial charge in [-0.15, -0.1) is 0 Å². The van der Waals surface area contributed by atoms with Crippen LogP contribution in [-0.2, 0) is 16.1 Å². The Morgan fingerprint density at radius 3 is 2.75 bits per heavy atom. The number of benzene rings is 2. The Hall–Kier alpha value is -3.83. The summed E-state index contributed by atoms with van der Waals surface area (Å²) in [6.45, 7) is -0.125. The molecule has 0 aliphatic carbocycles. The molecular weight excluding hydrogens is 494 g/mol. The lowest BCUT2D eigenvalue weighted by Gasteiger charge is -2.19. The number of amides is 2. The summed E-state index contributed by atoms with van der Waals surface area (Å²) in [4.78, 5) is 28.7. The Balaban J connectivity index is 1.50. The van der Waals surface area contributed by atoms with E-state index >= 15 is 0 Å². The second-order valence-electron chi connectivity index (χ2n) is 7.93. The van der Waals surface area contributed by atoms with Gasteiger partial charge in [-0.05, 0) is 47.7 Å².